The van der Waals surface area contributed by atoms with Gasteiger partial charge < -0.3 is 10.3 Å². The lowest BCUT2D eigenvalue weighted by molar-refractivity contribution is -0.114. The summed E-state index contributed by atoms with van der Waals surface area (Å²) in [5.74, 6) is -0.210. The highest BCUT2D eigenvalue weighted by Crippen LogP contribution is 2.25. The van der Waals surface area contributed by atoms with Crippen molar-refractivity contribution in [3.63, 3.8) is 0 Å². The molecule has 3 rings (SSSR count). The first-order valence-electron chi connectivity index (χ1n) is 7.33. The molecule has 6 nitrogen and oxygen atoms in total. The van der Waals surface area contributed by atoms with E-state index < -0.39 is 10.0 Å². The van der Waals surface area contributed by atoms with E-state index in [0.717, 1.165) is 16.5 Å². The lowest BCUT2D eigenvalue weighted by Crippen LogP contribution is -2.14. The van der Waals surface area contributed by atoms with Gasteiger partial charge in [0.25, 0.3) is 10.0 Å². The van der Waals surface area contributed by atoms with Gasteiger partial charge in [0.2, 0.25) is 5.91 Å². The quantitative estimate of drug-likeness (QED) is 0.679. The Balaban J connectivity index is 1.89. The second kappa shape index (κ2) is 6.01. The van der Waals surface area contributed by atoms with Crippen LogP contribution in [0.4, 0.5) is 11.4 Å². The van der Waals surface area contributed by atoms with Crippen LogP contribution >= 0.6 is 0 Å². The second-order valence-electron chi connectivity index (χ2n) is 5.54. The number of anilines is 2. The average Bonchev–Trinajstić information content (AvgIpc) is 2.94. The Morgan fingerprint density at radius 3 is 2.46 bits per heavy atom. The van der Waals surface area contributed by atoms with E-state index >= 15 is 0 Å². The Kier molecular flexibility index (Phi) is 4.02. The first-order valence-corrected chi connectivity index (χ1v) is 8.82. The minimum Gasteiger partial charge on any atom is -0.361 e. The molecule has 0 aliphatic heterocycles. The molecule has 0 unspecified atom stereocenters. The van der Waals surface area contributed by atoms with Crippen molar-refractivity contribution in [2.45, 2.75) is 18.7 Å². The van der Waals surface area contributed by atoms with Gasteiger partial charge in [-0.2, -0.15) is 0 Å². The van der Waals surface area contributed by atoms with Gasteiger partial charge in [-0.25, -0.2) is 8.42 Å². The van der Waals surface area contributed by atoms with Crippen LogP contribution < -0.4 is 10.0 Å². The smallest absolute Gasteiger partial charge is 0.261 e. The summed E-state index contributed by atoms with van der Waals surface area (Å²) in [6.45, 7) is 3.25. The fraction of sp³-hybridized carbons (Fsp3) is 0.118. The number of aromatic nitrogens is 1. The molecule has 0 fully saturated rings. The fourth-order valence-corrected chi connectivity index (χ4v) is 3.57. The molecule has 0 radical (unpaired) electrons. The largest absolute Gasteiger partial charge is 0.361 e. The van der Waals surface area contributed by atoms with Crippen molar-refractivity contribution in [3.05, 3.63) is 54.2 Å². The van der Waals surface area contributed by atoms with Gasteiger partial charge in [0, 0.05) is 24.3 Å². The molecule has 0 aliphatic carbocycles. The van der Waals surface area contributed by atoms with Gasteiger partial charge in [-0.1, -0.05) is 0 Å². The van der Waals surface area contributed by atoms with Crippen LogP contribution in [0.15, 0.2) is 53.6 Å². The van der Waals surface area contributed by atoms with E-state index in [1.54, 1.807) is 18.2 Å². The van der Waals surface area contributed by atoms with Gasteiger partial charge in [-0.15, -0.1) is 0 Å². The lowest BCUT2D eigenvalue weighted by atomic mass is 10.1. The third kappa shape index (κ3) is 3.26. The summed E-state index contributed by atoms with van der Waals surface area (Å²) in [7, 11) is -3.71. The number of sulfonamides is 1. The molecule has 3 aromatic rings. The molecule has 0 atom stereocenters. The molecule has 2 aromatic carbocycles. The van der Waals surface area contributed by atoms with E-state index in [4.69, 9.17) is 0 Å². The number of H-pyrrole nitrogens is 1. The van der Waals surface area contributed by atoms with Crippen molar-refractivity contribution in [2.75, 3.05) is 10.0 Å². The van der Waals surface area contributed by atoms with Crippen LogP contribution in [0.5, 0.6) is 0 Å². The van der Waals surface area contributed by atoms with Crippen LogP contribution in [-0.4, -0.2) is 19.3 Å². The van der Waals surface area contributed by atoms with Crippen LogP contribution in [-0.2, 0) is 14.8 Å². The zero-order valence-corrected chi connectivity index (χ0v) is 14.1. The third-order valence-corrected chi connectivity index (χ3v) is 5.01. The number of nitrogens with one attached hydrogen (secondary N) is 3. The summed E-state index contributed by atoms with van der Waals surface area (Å²) in [6.07, 6.45) is 1.81. The molecule has 1 amide bonds. The number of aryl methyl sites for hydroxylation is 1. The fourth-order valence-electron chi connectivity index (χ4n) is 2.45. The zero-order chi connectivity index (χ0) is 17.3. The highest BCUT2D eigenvalue weighted by Gasteiger charge is 2.16. The summed E-state index contributed by atoms with van der Waals surface area (Å²) in [5, 5.41) is 3.62. The van der Waals surface area contributed by atoms with E-state index in [2.05, 4.69) is 15.0 Å². The lowest BCUT2D eigenvalue weighted by Gasteiger charge is -2.11. The van der Waals surface area contributed by atoms with Crippen molar-refractivity contribution < 1.29 is 13.2 Å². The van der Waals surface area contributed by atoms with Gasteiger partial charge in [-0.3, -0.25) is 9.52 Å². The predicted molar refractivity (Wildman–Crippen MR) is 94.6 cm³/mol. The highest BCUT2D eigenvalue weighted by atomic mass is 32.2. The standard InChI is InChI=1S/C17H17N3O3S/c1-11-9-13-7-8-18-17(13)10-16(11)20-24(22,23)15-5-3-14(4-6-15)19-12(2)21/h3-10,18,20H,1-2H3,(H,19,21). The average molecular weight is 343 g/mol. The monoisotopic (exact) mass is 343 g/mol. The third-order valence-electron chi connectivity index (χ3n) is 3.63. The number of aromatic amines is 1. The summed E-state index contributed by atoms with van der Waals surface area (Å²) < 4.78 is 27.7. The number of amides is 1. The Morgan fingerprint density at radius 2 is 1.79 bits per heavy atom. The number of hydrogen-bond acceptors (Lipinski definition) is 3. The minimum absolute atomic E-state index is 0.127. The first kappa shape index (κ1) is 16.1. The first-order chi connectivity index (χ1) is 11.3. The van der Waals surface area contributed by atoms with Crippen LogP contribution in [0.25, 0.3) is 10.9 Å². The highest BCUT2D eigenvalue weighted by molar-refractivity contribution is 7.92. The Bertz CT molecular complexity index is 1010. The van der Waals surface area contributed by atoms with Crippen molar-refractivity contribution >= 4 is 38.2 Å². The molecule has 24 heavy (non-hydrogen) atoms. The van der Waals surface area contributed by atoms with E-state index in [9.17, 15) is 13.2 Å². The summed E-state index contributed by atoms with van der Waals surface area (Å²) in [4.78, 5) is 14.2. The molecule has 0 bridgehead atoms. The van der Waals surface area contributed by atoms with Crippen molar-refractivity contribution in [2.24, 2.45) is 0 Å². The molecule has 0 saturated carbocycles. The minimum atomic E-state index is -3.71. The molecule has 0 saturated heterocycles. The van der Waals surface area contributed by atoms with E-state index in [0.29, 0.717) is 11.4 Å². The van der Waals surface area contributed by atoms with Crippen LogP contribution in [0.3, 0.4) is 0 Å². The van der Waals surface area contributed by atoms with Crippen molar-refractivity contribution in [3.8, 4) is 0 Å². The summed E-state index contributed by atoms with van der Waals surface area (Å²) in [5.41, 5.74) is 2.76. The normalized spacial score (nSPS) is 11.4. The number of carbonyl (C=O) groups excluding carboxylic acids is 1. The van der Waals surface area contributed by atoms with E-state index in [1.807, 2.05) is 25.3 Å². The molecular formula is C17H17N3O3S. The van der Waals surface area contributed by atoms with Crippen molar-refractivity contribution in [1.29, 1.82) is 0 Å². The second-order valence-corrected chi connectivity index (χ2v) is 7.23. The molecule has 0 spiro atoms. The Morgan fingerprint density at radius 1 is 1.08 bits per heavy atom. The molecule has 1 aromatic heterocycles. The number of hydrogen-bond donors (Lipinski definition) is 3. The summed E-state index contributed by atoms with van der Waals surface area (Å²) in [6, 6.07) is 11.6. The molecule has 7 heteroatoms. The van der Waals surface area contributed by atoms with Gasteiger partial charge in [0.15, 0.2) is 0 Å². The van der Waals surface area contributed by atoms with Crippen LogP contribution in [0.2, 0.25) is 0 Å². The van der Waals surface area contributed by atoms with Crippen molar-refractivity contribution in [1.82, 2.24) is 4.98 Å². The number of benzene rings is 2. The zero-order valence-electron chi connectivity index (χ0n) is 13.3. The van der Waals surface area contributed by atoms with E-state index in [1.165, 1.54) is 19.1 Å². The van der Waals surface area contributed by atoms with E-state index in [-0.39, 0.29) is 10.8 Å². The van der Waals surface area contributed by atoms with Crippen LogP contribution in [0, 0.1) is 6.92 Å². The van der Waals surface area contributed by atoms with Gasteiger partial charge in [0.05, 0.1) is 10.6 Å². The van der Waals surface area contributed by atoms with Gasteiger partial charge in [0.1, 0.15) is 0 Å². The predicted octanol–water partition coefficient (Wildman–Crippen LogP) is 3.24. The van der Waals surface area contributed by atoms with Gasteiger partial charge >= 0.3 is 0 Å². The molecule has 0 aliphatic rings. The Hall–Kier alpha value is -2.80. The molecule has 124 valence electrons. The van der Waals surface area contributed by atoms with Gasteiger partial charge in [-0.05, 0) is 60.3 Å². The SMILES string of the molecule is CC(=O)Nc1ccc(S(=O)(=O)Nc2cc3[nH]ccc3cc2C)cc1. The number of rotatable bonds is 4. The maximum atomic E-state index is 12.6. The number of carbonyl (C=O) groups is 1. The Labute approximate surface area is 139 Å². The van der Waals surface area contributed by atoms with Crippen LogP contribution in [0.1, 0.15) is 12.5 Å². The maximum absolute atomic E-state index is 12.6. The topological polar surface area (TPSA) is 91.1 Å². The molecule has 1 heterocycles. The number of fused-ring (bicyclic) bond motifs is 1. The summed E-state index contributed by atoms with van der Waals surface area (Å²) >= 11 is 0. The molecule has 3 N–H and O–H groups in total. The maximum Gasteiger partial charge on any atom is 0.261 e. The molecular weight excluding hydrogens is 326 g/mol.